The molecule has 2 heterocycles. The SMILES string of the molecule is CN=C(NCc1ccccc1CN1CC(C)OC(C)C1)NCC1CC(=O)Nc2ccccc21. The quantitative estimate of drug-likeness (QED) is 0.467. The standard InChI is InChI=1S/C26H35N5O2/c1-18-15-31(16-19(2)33-18)17-21-9-5-4-8-20(21)13-28-26(27-3)29-14-22-12-25(32)30-24-11-7-6-10-23(22)24/h4-11,18-19,22H,12-17H2,1-3H3,(H,30,32)(H2,27,28,29). The number of morpholine rings is 1. The average Bonchev–Trinajstić information content (AvgIpc) is 2.79. The number of aliphatic imine (C=N–C) groups is 1. The molecule has 1 fully saturated rings. The van der Waals surface area contributed by atoms with Gasteiger partial charge in [-0.2, -0.15) is 0 Å². The number of nitrogens with one attached hydrogen (secondary N) is 3. The van der Waals surface area contributed by atoms with E-state index in [1.165, 1.54) is 16.7 Å². The fourth-order valence-corrected chi connectivity index (χ4v) is 4.84. The predicted molar refractivity (Wildman–Crippen MR) is 132 cm³/mol. The molecule has 1 amide bonds. The van der Waals surface area contributed by atoms with Crippen molar-refractivity contribution < 1.29 is 9.53 Å². The second-order valence-electron chi connectivity index (χ2n) is 9.06. The molecule has 0 aliphatic carbocycles. The number of amides is 1. The minimum atomic E-state index is 0.0594. The van der Waals surface area contributed by atoms with Crippen LogP contribution in [0.1, 0.15) is 42.9 Å². The van der Waals surface area contributed by atoms with Crippen molar-refractivity contribution in [1.82, 2.24) is 15.5 Å². The van der Waals surface area contributed by atoms with Crippen LogP contribution in [-0.2, 0) is 22.6 Å². The maximum Gasteiger partial charge on any atom is 0.225 e. The second kappa shape index (κ2) is 10.8. The van der Waals surface area contributed by atoms with Gasteiger partial charge < -0.3 is 20.7 Å². The van der Waals surface area contributed by atoms with E-state index in [2.05, 4.69) is 70.0 Å². The maximum atomic E-state index is 12.1. The number of para-hydroxylation sites is 1. The Morgan fingerprint density at radius 1 is 1.06 bits per heavy atom. The van der Waals surface area contributed by atoms with E-state index in [9.17, 15) is 4.79 Å². The van der Waals surface area contributed by atoms with Crippen LogP contribution in [-0.4, -0.2) is 55.7 Å². The van der Waals surface area contributed by atoms with Gasteiger partial charge in [-0.15, -0.1) is 0 Å². The molecule has 176 valence electrons. The summed E-state index contributed by atoms with van der Waals surface area (Å²) < 4.78 is 5.88. The maximum absolute atomic E-state index is 12.1. The largest absolute Gasteiger partial charge is 0.373 e. The molecule has 2 aliphatic heterocycles. The molecule has 2 aliphatic rings. The molecule has 7 heteroatoms. The Labute approximate surface area is 196 Å². The Morgan fingerprint density at radius 2 is 1.76 bits per heavy atom. The van der Waals surface area contributed by atoms with Gasteiger partial charge in [0.1, 0.15) is 0 Å². The molecule has 3 atom stereocenters. The first-order valence-corrected chi connectivity index (χ1v) is 11.8. The van der Waals surface area contributed by atoms with Gasteiger partial charge in [-0.25, -0.2) is 0 Å². The van der Waals surface area contributed by atoms with Crippen molar-refractivity contribution in [3.05, 3.63) is 65.2 Å². The van der Waals surface area contributed by atoms with Gasteiger partial charge >= 0.3 is 0 Å². The van der Waals surface area contributed by atoms with Crippen molar-refractivity contribution in [2.45, 2.75) is 51.5 Å². The summed E-state index contributed by atoms with van der Waals surface area (Å²) in [5.74, 6) is 0.914. The van der Waals surface area contributed by atoms with Crippen molar-refractivity contribution in [2.75, 3.05) is 32.0 Å². The van der Waals surface area contributed by atoms with Crippen LogP contribution < -0.4 is 16.0 Å². The molecule has 4 rings (SSSR count). The normalized spacial score (nSPS) is 23.5. The fourth-order valence-electron chi connectivity index (χ4n) is 4.84. The Balaban J connectivity index is 1.35. The zero-order valence-electron chi connectivity index (χ0n) is 19.8. The van der Waals surface area contributed by atoms with Crippen LogP contribution in [0.2, 0.25) is 0 Å². The second-order valence-corrected chi connectivity index (χ2v) is 9.06. The molecule has 3 N–H and O–H groups in total. The van der Waals surface area contributed by atoms with Crippen LogP contribution in [0.4, 0.5) is 5.69 Å². The number of hydrogen-bond acceptors (Lipinski definition) is 4. The van der Waals surface area contributed by atoms with Crippen LogP contribution in [0.15, 0.2) is 53.5 Å². The van der Waals surface area contributed by atoms with Gasteiger partial charge in [-0.1, -0.05) is 42.5 Å². The number of ether oxygens (including phenoxy) is 1. The third kappa shape index (κ3) is 6.12. The molecule has 7 nitrogen and oxygen atoms in total. The van der Waals surface area contributed by atoms with Gasteiger partial charge in [0.15, 0.2) is 5.96 Å². The van der Waals surface area contributed by atoms with E-state index in [1.807, 2.05) is 18.2 Å². The molecule has 0 bridgehead atoms. The van der Waals surface area contributed by atoms with Crippen LogP contribution in [0, 0.1) is 0 Å². The van der Waals surface area contributed by atoms with Gasteiger partial charge in [-0.3, -0.25) is 14.7 Å². The summed E-state index contributed by atoms with van der Waals surface area (Å²) in [4.78, 5) is 19.0. The highest BCUT2D eigenvalue weighted by Crippen LogP contribution is 2.31. The van der Waals surface area contributed by atoms with E-state index in [0.717, 1.165) is 31.3 Å². The lowest BCUT2D eigenvalue weighted by Crippen LogP contribution is -2.45. The van der Waals surface area contributed by atoms with Crippen molar-refractivity contribution >= 4 is 17.6 Å². The van der Waals surface area contributed by atoms with Crippen molar-refractivity contribution in [2.24, 2.45) is 4.99 Å². The molecule has 3 unspecified atom stereocenters. The monoisotopic (exact) mass is 449 g/mol. The van der Waals surface area contributed by atoms with Gasteiger partial charge in [0.25, 0.3) is 0 Å². The van der Waals surface area contributed by atoms with Crippen LogP contribution in [0.5, 0.6) is 0 Å². The summed E-state index contributed by atoms with van der Waals surface area (Å²) in [6.07, 6.45) is 0.989. The van der Waals surface area contributed by atoms with E-state index >= 15 is 0 Å². The number of anilines is 1. The lowest BCUT2D eigenvalue weighted by molar-refractivity contribution is -0.116. The summed E-state index contributed by atoms with van der Waals surface area (Å²) in [6.45, 7) is 8.43. The molecular formula is C26H35N5O2. The molecule has 0 saturated carbocycles. The number of hydrogen-bond donors (Lipinski definition) is 3. The number of carbonyl (C=O) groups excluding carboxylic acids is 1. The van der Waals surface area contributed by atoms with Gasteiger partial charge in [0, 0.05) is 57.8 Å². The highest BCUT2D eigenvalue weighted by atomic mass is 16.5. The third-order valence-corrected chi connectivity index (χ3v) is 6.30. The zero-order valence-corrected chi connectivity index (χ0v) is 19.8. The Bertz CT molecular complexity index is 982. The van der Waals surface area contributed by atoms with E-state index in [-0.39, 0.29) is 24.0 Å². The van der Waals surface area contributed by atoms with Gasteiger partial charge in [0.05, 0.1) is 12.2 Å². The molecule has 0 aromatic heterocycles. The van der Waals surface area contributed by atoms with Crippen LogP contribution in [0.25, 0.3) is 0 Å². The molecule has 2 aromatic carbocycles. The molecular weight excluding hydrogens is 414 g/mol. The summed E-state index contributed by atoms with van der Waals surface area (Å²) in [5.41, 5.74) is 4.65. The number of guanidine groups is 1. The van der Waals surface area contributed by atoms with Crippen LogP contribution >= 0.6 is 0 Å². The van der Waals surface area contributed by atoms with E-state index in [0.29, 0.717) is 19.5 Å². The van der Waals surface area contributed by atoms with Crippen molar-refractivity contribution in [1.29, 1.82) is 0 Å². The number of benzene rings is 2. The first-order valence-electron chi connectivity index (χ1n) is 11.8. The fraction of sp³-hybridized carbons (Fsp3) is 0.462. The number of fused-ring (bicyclic) bond motifs is 1. The number of rotatable bonds is 6. The molecule has 1 saturated heterocycles. The summed E-state index contributed by atoms with van der Waals surface area (Å²) in [7, 11) is 1.78. The minimum absolute atomic E-state index is 0.0594. The number of carbonyl (C=O) groups is 1. The van der Waals surface area contributed by atoms with Gasteiger partial charge in [-0.05, 0) is 36.6 Å². The van der Waals surface area contributed by atoms with Gasteiger partial charge in [0.2, 0.25) is 5.91 Å². The Morgan fingerprint density at radius 3 is 2.52 bits per heavy atom. The van der Waals surface area contributed by atoms with Crippen molar-refractivity contribution in [3.8, 4) is 0 Å². The molecule has 2 aromatic rings. The highest BCUT2D eigenvalue weighted by molar-refractivity contribution is 5.94. The van der Waals surface area contributed by atoms with Crippen molar-refractivity contribution in [3.63, 3.8) is 0 Å². The Hall–Kier alpha value is -2.90. The zero-order chi connectivity index (χ0) is 23.2. The lowest BCUT2D eigenvalue weighted by Gasteiger charge is -2.35. The smallest absolute Gasteiger partial charge is 0.225 e. The first kappa shape index (κ1) is 23.3. The van der Waals surface area contributed by atoms with E-state index in [1.54, 1.807) is 7.05 Å². The number of nitrogens with zero attached hydrogens (tertiary/aromatic N) is 2. The first-order chi connectivity index (χ1) is 16.0. The summed E-state index contributed by atoms with van der Waals surface area (Å²) >= 11 is 0. The average molecular weight is 450 g/mol. The van der Waals surface area contributed by atoms with E-state index in [4.69, 9.17) is 4.74 Å². The topological polar surface area (TPSA) is 78.0 Å². The minimum Gasteiger partial charge on any atom is -0.373 e. The lowest BCUT2D eigenvalue weighted by atomic mass is 9.90. The summed E-state index contributed by atoms with van der Waals surface area (Å²) in [5, 5.41) is 9.82. The molecule has 0 radical (unpaired) electrons. The predicted octanol–water partition coefficient (Wildman–Crippen LogP) is 3.09. The molecule has 0 spiro atoms. The Kier molecular flexibility index (Phi) is 7.62. The summed E-state index contributed by atoms with van der Waals surface area (Å²) in [6, 6.07) is 16.6. The highest BCUT2D eigenvalue weighted by Gasteiger charge is 2.25. The van der Waals surface area contributed by atoms with Crippen LogP contribution in [0.3, 0.4) is 0 Å². The van der Waals surface area contributed by atoms with E-state index < -0.39 is 0 Å². The molecule has 33 heavy (non-hydrogen) atoms. The third-order valence-electron chi connectivity index (χ3n) is 6.30.